The summed E-state index contributed by atoms with van der Waals surface area (Å²) in [5, 5.41) is 2.38. The van der Waals surface area contributed by atoms with E-state index in [-0.39, 0.29) is 5.97 Å². The molecule has 1 aromatic carbocycles. The van der Waals surface area contributed by atoms with Crippen molar-refractivity contribution >= 4 is 17.7 Å². The summed E-state index contributed by atoms with van der Waals surface area (Å²) < 4.78 is 4.95. The number of hydrogen-bond donors (Lipinski definition) is 0. The van der Waals surface area contributed by atoms with Gasteiger partial charge < -0.3 is 9.64 Å². The number of ether oxygens (including phenoxy) is 1. The van der Waals surface area contributed by atoms with Gasteiger partial charge in [-0.25, -0.2) is 4.79 Å². The van der Waals surface area contributed by atoms with Crippen molar-refractivity contribution in [2.24, 2.45) is 0 Å². The van der Waals surface area contributed by atoms with Crippen LogP contribution >= 0.6 is 11.8 Å². The average molecular weight is 249 g/mol. The second-order valence-electron chi connectivity index (χ2n) is 3.78. The van der Waals surface area contributed by atoms with E-state index in [9.17, 15) is 4.79 Å². The minimum Gasteiger partial charge on any atom is -0.462 e. The first-order valence-corrected chi connectivity index (χ1v) is 6.48. The summed E-state index contributed by atoms with van der Waals surface area (Å²) in [7, 11) is 2.04. The highest BCUT2D eigenvalue weighted by Gasteiger charge is 2.18. The molecule has 1 aliphatic heterocycles. The Morgan fingerprint density at radius 1 is 1.41 bits per heavy atom. The van der Waals surface area contributed by atoms with Gasteiger partial charge in [0.2, 0.25) is 0 Å². The summed E-state index contributed by atoms with van der Waals surface area (Å²) in [5.74, 6) is -0.260. The molecule has 0 fully saturated rings. The van der Waals surface area contributed by atoms with E-state index in [2.05, 4.69) is 16.5 Å². The lowest BCUT2D eigenvalue weighted by atomic mass is 10.1. The van der Waals surface area contributed by atoms with E-state index < -0.39 is 0 Å². The van der Waals surface area contributed by atoms with Gasteiger partial charge in [0.15, 0.2) is 0 Å². The van der Waals surface area contributed by atoms with Crippen molar-refractivity contribution in [3.8, 4) is 0 Å². The second kappa shape index (κ2) is 5.27. The zero-order valence-electron chi connectivity index (χ0n) is 9.92. The smallest absolute Gasteiger partial charge is 0.338 e. The van der Waals surface area contributed by atoms with Crippen molar-refractivity contribution in [1.82, 2.24) is 4.90 Å². The van der Waals surface area contributed by atoms with Gasteiger partial charge in [0.05, 0.1) is 12.2 Å². The monoisotopic (exact) mass is 249 g/mol. The minimum atomic E-state index is -0.260. The molecule has 17 heavy (non-hydrogen) atoms. The fourth-order valence-electron chi connectivity index (χ4n) is 1.69. The van der Waals surface area contributed by atoms with E-state index in [0.717, 1.165) is 0 Å². The molecule has 3 nitrogen and oxygen atoms in total. The highest BCUT2D eigenvalue weighted by molar-refractivity contribution is 8.02. The number of rotatable bonds is 3. The van der Waals surface area contributed by atoms with Crippen LogP contribution in [0.2, 0.25) is 0 Å². The molecule has 90 valence electrons. The van der Waals surface area contributed by atoms with Crippen LogP contribution in [-0.4, -0.2) is 24.5 Å². The van der Waals surface area contributed by atoms with Crippen LogP contribution in [0.4, 0.5) is 0 Å². The van der Waals surface area contributed by atoms with Gasteiger partial charge >= 0.3 is 5.97 Å². The number of nitrogens with zero attached hydrogens (tertiary/aromatic N) is 1. The van der Waals surface area contributed by atoms with Crippen molar-refractivity contribution in [1.29, 1.82) is 0 Å². The third-order valence-electron chi connectivity index (χ3n) is 2.58. The standard InChI is InChI=1S/C13H15NO2S/c1-3-16-13(15)11-6-4-10(5-7-11)12-14(2)8-9-17-12/h4-9,12H,3H2,1-2H3. The maximum absolute atomic E-state index is 11.5. The zero-order chi connectivity index (χ0) is 12.3. The van der Waals surface area contributed by atoms with Crippen molar-refractivity contribution in [2.75, 3.05) is 13.7 Å². The maximum atomic E-state index is 11.5. The van der Waals surface area contributed by atoms with Crippen LogP contribution in [0, 0.1) is 0 Å². The quantitative estimate of drug-likeness (QED) is 0.770. The van der Waals surface area contributed by atoms with Crippen molar-refractivity contribution in [2.45, 2.75) is 12.3 Å². The van der Waals surface area contributed by atoms with E-state index in [1.807, 2.05) is 38.2 Å². The van der Waals surface area contributed by atoms with Crippen molar-refractivity contribution < 1.29 is 9.53 Å². The van der Waals surface area contributed by atoms with Crippen LogP contribution in [0.3, 0.4) is 0 Å². The molecule has 1 aromatic rings. The van der Waals surface area contributed by atoms with Crippen LogP contribution in [0.5, 0.6) is 0 Å². The summed E-state index contributed by atoms with van der Waals surface area (Å²) in [6.07, 6.45) is 2.05. The molecule has 0 radical (unpaired) electrons. The Kier molecular flexibility index (Phi) is 3.74. The van der Waals surface area contributed by atoms with Gasteiger partial charge in [0.1, 0.15) is 5.37 Å². The van der Waals surface area contributed by atoms with Crippen LogP contribution in [0.15, 0.2) is 35.9 Å². The third-order valence-corrected chi connectivity index (χ3v) is 3.72. The third kappa shape index (κ3) is 2.64. The Labute approximate surface area is 105 Å². The summed E-state index contributed by atoms with van der Waals surface area (Å²) >= 11 is 1.76. The second-order valence-corrected chi connectivity index (χ2v) is 4.77. The molecule has 0 spiro atoms. The first-order valence-electron chi connectivity index (χ1n) is 5.53. The van der Waals surface area contributed by atoms with Gasteiger partial charge in [-0.05, 0) is 30.0 Å². The van der Waals surface area contributed by atoms with Crippen LogP contribution in [-0.2, 0) is 4.74 Å². The van der Waals surface area contributed by atoms with Gasteiger partial charge in [-0.2, -0.15) is 0 Å². The topological polar surface area (TPSA) is 29.5 Å². The first kappa shape index (κ1) is 12.0. The van der Waals surface area contributed by atoms with Gasteiger partial charge in [0.25, 0.3) is 0 Å². The Balaban J connectivity index is 2.10. The normalized spacial score (nSPS) is 18.5. The largest absolute Gasteiger partial charge is 0.462 e. The van der Waals surface area contributed by atoms with E-state index in [1.54, 1.807) is 11.8 Å². The molecule has 0 aromatic heterocycles. The van der Waals surface area contributed by atoms with E-state index >= 15 is 0 Å². The number of carbonyl (C=O) groups is 1. The molecule has 0 saturated heterocycles. The fraction of sp³-hybridized carbons (Fsp3) is 0.308. The lowest BCUT2D eigenvalue weighted by molar-refractivity contribution is 0.0526. The molecule has 0 N–H and O–H groups in total. The molecule has 1 heterocycles. The van der Waals surface area contributed by atoms with Crippen LogP contribution in [0.1, 0.15) is 28.2 Å². The van der Waals surface area contributed by atoms with Crippen molar-refractivity contribution in [3.05, 3.63) is 47.0 Å². The molecule has 2 rings (SSSR count). The molecule has 1 atom stereocenters. The molecule has 0 bridgehead atoms. The predicted octanol–water partition coefficient (Wildman–Crippen LogP) is 3.01. The fourth-order valence-corrected chi connectivity index (χ4v) is 2.68. The Bertz CT molecular complexity index is 428. The van der Waals surface area contributed by atoms with Crippen LogP contribution in [0.25, 0.3) is 0 Å². The number of benzene rings is 1. The molecular weight excluding hydrogens is 234 g/mol. The lowest BCUT2D eigenvalue weighted by Gasteiger charge is -2.20. The number of carbonyl (C=O) groups excluding carboxylic acids is 1. The number of hydrogen-bond acceptors (Lipinski definition) is 4. The van der Waals surface area contributed by atoms with E-state index in [0.29, 0.717) is 17.5 Å². The summed E-state index contributed by atoms with van der Waals surface area (Å²) in [6.45, 7) is 2.22. The molecule has 0 aliphatic carbocycles. The van der Waals surface area contributed by atoms with Crippen molar-refractivity contribution in [3.63, 3.8) is 0 Å². The lowest BCUT2D eigenvalue weighted by Crippen LogP contribution is -2.12. The summed E-state index contributed by atoms with van der Waals surface area (Å²) in [6, 6.07) is 7.60. The van der Waals surface area contributed by atoms with E-state index in [1.165, 1.54) is 5.56 Å². The Hall–Kier alpha value is -1.42. The molecule has 0 amide bonds. The summed E-state index contributed by atoms with van der Waals surface area (Å²) in [5.41, 5.74) is 1.80. The SMILES string of the molecule is CCOC(=O)c1ccc(C2SC=CN2C)cc1. The van der Waals surface area contributed by atoms with Gasteiger partial charge in [-0.15, -0.1) is 11.8 Å². The van der Waals surface area contributed by atoms with Gasteiger partial charge in [0, 0.05) is 13.2 Å². The van der Waals surface area contributed by atoms with Gasteiger partial charge in [-0.3, -0.25) is 0 Å². The first-order chi connectivity index (χ1) is 8.22. The Morgan fingerprint density at radius 2 is 2.12 bits per heavy atom. The molecular formula is C13H15NO2S. The molecule has 1 unspecified atom stereocenters. The minimum absolute atomic E-state index is 0.260. The highest BCUT2D eigenvalue weighted by Crippen LogP contribution is 2.37. The number of thioether (sulfide) groups is 1. The Morgan fingerprint density at radius 3 is 2.65 bits per heavy atom. The average Bonchev–Trinajstić information content (AvgIpc) is 2.76. The maximum Gasteiger partial charge on any atom is 0.338 e. The predicted molar refractivity (Wildman–Crippen MR) is 69.6 cm³/mol. The molecule has 4 heteroatoms. The number of esters is 1. The summed E-state index contributed by atoms with van der Waals surface area (Å²) in [4.78, 5) is 13.6. The zero-order valence-corrected chi connectivity index (χ0v) is 10.7. The van der Waals surface area contributed by atoms with Gasteiger partial charge in [-0.1, -0.05) is 12.1 Å². The molecule has 1 aliphatic rings. The van der Waals surface area contributed by atoms with Crippen LogP contribution < -0.4 is 0 Å². The highest BCUT2D eigenvalue weighted by atomic mass is 32.2. The molecule has 0 saturated carbocycles. The van der Waals surface area contributed by atoms with E-state index in [4.69, 9.17) is 4.74 Å².